The highest BCUT2D eigenvalue weighted by Gasteiger charge is 2.43. The minimum atomic E-state index is -4.47. The number of benzene rings is 1. The molecule has 0 bridgehead atoms. The molecule has 0 spiro atoms. The van der Waals surface area contributed by atoms with Crippen LogP contribution < -0.4 is 15.0 Å². The molecular formula is C26H25ClF3N5O3. The average Bonchev–Trinajstić information content (AvgIpc) is 3.75. The van der Waals surface area contributed by atoms with Crippen molar-refractivity contribution < 1.29 is 27.4 Å². The summed E-state index contributed by atoms with van der Waals surface area (Å²) in [6.07, 6.45) is -1.17. The van der Waals surface area contributed by atoms with E-state index in [2.05, 4.69) is 20.5 Å². The second-order valence-corrected chi connectivity index (χ2v) is 9.65. The van der Waals surface area contributed by atoms with Gasteiger partial charge in [0.25, 0.3) is 5.91 Å². The van der Waals surface area contributed by atoms with Crippen LogP contribution in [0.4, 0.5) is 19.0 Å². The Kier molecular flexibility index (Phi) is 7.66. The first-order chi connectivity index (χ1) is 18.3. The Labute approximate surface area is 222 Å². The summed E-state index contributed by atoms with van der Waals surface area (Å²) in [5.74, 6) is 1.15. The van der Waals surface area contributed by atoms with Gasteiger partial charge < -0.3 is 19.7 Å². The van der Waals surface area contributed by atoms with E-state index in [0.29, 0.717) is 45.9 Å². The number of nitrogens with one attached hydrogen (secondary N) is 1. The van der Waals surface area contributed by atoms with Gasteiger partial charge in [0.05, 0.1) is 42.2 Å². The first-order valence-corrected chi connectivity index (χ1v) is 12.6. The number of hydrogen-bond acceptors (Lipinski definition) is 7. The number of carbonyl (C=O) groups is 1. The summed E-state index contributed by atoms with van der Waals surface area (Å²) in [6.45, 7) is 0.519. The fourth-order valence-corrected chi connectivity index (χ4v) is 4.31. The van der Waals surface area contributed by atoms with Gasteiger partial charge in [-0.3, -0.25) is 4.79 Å². The van der Waals surface area contributed by atoms with Crippen LogP contribution in [0.3, 0.4) is 0 Å². The number of aromatic nitrogens is 3. The second kappa shape index (κ2) is 11.1. The standard InChI is InChI=1S/C26H25ClF3N5O3/c27-20-10-17(5-6-22(20)38-15-16-3-4-16)21-11-19(13-33-34-21)25(36)32-12-18-2-1-7-31-24(18)35-8-9-37-23(14-35)26(28,29)30/h1-2,5-7,10-11,13,16,23H,3-4,8-9,12,14-15H2,(H,32,36). The summed E-state index contributed by atoms with van der Waals surface area (Å²) < 4.78 is 50.2. The molecule has 38 heavy (non-hydrogen) atoms. The summed E-state index contributed by atoms with van der Waals surface area (Å²) >= 11 is 6.38. The minimum absolute atomic E-state index is 0.0621. The molecule has 2 fully saturated rings. The second-order valence-electron chi connectivity index (χ2n) is 9.24. The Morgan fingerprint density at radius 2 is 2.08 bits per heavy atom. The van der Waals surface area contributed by atoms with Crippen molar-refractivity contribution >= 4 is 23.3 Å². The monoisotopic (exact) mass is 547 g/mol. The highest BCUT2D eigenvalue weighted by molar-refractivity contribution is 6.32. The van der Waals surface area contributed by atoms with Crippen LogP contribution in [-0.2, 0) is 11.3 Å². The van der Waals surface area contributed by atoms with E-state index in [-0.39, 0.29) is 31.8 Å². The van der Waals surface area contributed by atoms with Gasteiger partial charge in [-0.25, -0.2) is 4.98 Å². The summed E-state index contributed by atoms with van der Waals surface area (Å²) in [5.41, 5.74) is 1.99. The Morgan fingerprint density at radius 3 is 2.84 bits per heavy atom. The van der Waals surface area contributed by atoms with Gasteiger partial charge in [0.1, 0.15) is 11.6 Å². The van der Waals surface area contributed by atoms with E-state index >= 15 is 0 Å². The molecule has 1 N–H and O–H groups in total. The van der Waals surface area contributed by atoms with Gasteiger partial charge in [-0.15, -0.1) is 0 Å². The Balaban J connectivity index is 1.25. The zero-order valence-electron chi connectivity index (χ0n) is 20.2. The molecule has 1 saturated carbocycles. The maximum atomic E-state index is 13.2. The van der Waals surface area contributed by atoms with Crippen LogP contribution >= 0.6 is 11.6 Å². The summed E-state index contributed by atoms with van der Waals surface area (Å²) in [6, 6.07) is 10.3. The third-order valence-electron chi connectivity index (χ3n) is 6.35. The van der Waals surface area contributed by atoms with E-state index in [1.165, 1.54) is 30.1 Å². The third kappa shape index (κ3) is 6.33. The van der Waals surface area contributed by atoms with Gasteiger partial charge in [0, 0.05) is 30.4 Å². The molecule has 1 amide bonds. The molecule has 1 aliphatic carbocycles. The topological polar surface area (TPSA) is 89.5 Å². The fourth-order valence-electron chi connectivity index (χ4n) is 4.07. The lowest BCUT2D eigenvalue weighted by molar-refractivity contribution is -0.221. The lowest BCUT2D eigenvalue weighted by atomic mass is 10.1. The molecule has 12 heteroatoms. The number of anilines is 1. The predicted molar refractivity (Wildman–Crippen MR) is 134 cm³/mol. The first-order valence-electron chi connectivity index (χ1n) is 12.2. The van der Waals surface area contributed by atoms with Crippen molar-refractivity contribution in [1.29, 1.82) is 0 Å². The van der Waals surface area contributed by atoms with Gasteiger partial charge in [0.15, 0.2) is 6.10 Å². The summed E-state index contributed by atoms with van der Waals surface area (Å²) in [5, 5.41) is 11.3. The average molecular weight is 548 g/mol. The van der Waals surface area contributed by atoms with E-state index in [9.17, 15) is 18.0 Å². The van der Waals surface area contributed by atoms with Crippen LogP contribution in [0.1, 0.15) is 28.8 Å². The van der Waals surface area contributed by atoms with Crippen LogP contribution in [0, 0.1) is 5.92 Å². The molecule has 2 aliphatic rings. The number of rotatable bonds is 8. The summed E-state index contributed by atoms with van der Waals surface area (Å²) in [4.78, 5) is 18.7. The van der Waals surface area contributed by atoms with Crippen molar-refractivity contribution in [3.05, 3.63) is 64.9 Å². The predicted octanol–water partition coefficient (Wildman–Crippen LogP) is 4.68. The van der Waals surface area contributed by atoms with Crippen molar-refractivity contribution in [2.24, 2.45) is 5.92 Å². The lowest BCUT2D eigenvalue weighted by Crippen LogP contribution is -2.49. The van der Waals surface area contributed by atoms with Gasteiger partial charge in [0.2, 0.25) is 0 Å². The van der Waals surface area contributed by atoms with Crippen LogP contribution in [0.5, 0.6) is 5.75 Å². The van der Waals surface area contributed by atoms with E-state index in [4.69, 9.17) is 21.1 Å². The van der Waals surface area contributed by atoms with Crippen LogP contribution in [0.15, 0.2) is 48.8 Å². The highest BCUT2D eigenvalue weighted by atomic mass is 35.5. The molecule has 8 nitrogen and oxygen atoms in total. The van der Waals surface area contributed by atoms with Crippen LogP contribution in [0.25, 0.3) is 11.3 Å². The number of ether oxygens (including phenoxy) is 2. The number of pyridine rings is 1. The number of hydrogen-bond donors (Lipinski definition) is 1. The van der Waals surface area contributed by atoms with Crippen molar-refractivity contribution in [3.63, 3.8) is 0 Å². The Bertz CT molecular complexity index is 1310. The molecule has 1 aliphatic heterocycles. The fraction of sp³-hybridized carbons (Fsp3) is 0.385. The van der Waals surface area contributed by atoms with Gasteiger partial charge in [-0.1, -0.05) is 17.7 Å². The van der Waals surface area contributed by atoms with Crippen molar-refractivity contribution in [2.75, 3.05) is 31.2 Å². The van der Waals surface area contributed by atoms with Crippen molar-refractivity contribution in [3.8, 4) is 17.0 Å². The normalized spacial score (nSPS) is 17.8. The number of alkyl halides is 3. The molecule has 5 rings (SSSR count). The Hall–Kier alpha value is -3.44. The largest absolute Gasteiger partial charge is 0.492 e. The van der Waals surface area contributed by atoms with Gasteiger partial charge in [-0.05, 0) is 49.1 Å². The maximum absolute atomic E-state index is 13.2. The van der Waals surface area contributed by atoms with Crippen LogP contribution in [-0.4, -0.2) is 59.7 Å². The van der Waals surface area contributed by atoms with Gasteiger partial charge >= 0.3 is 6.18 Å². The lowest BCUT2D eigenvalue weighted by Gasteiger charge is -2.35. The molecule has 1 saturated heterocycles. The summed E-state index contributed by atoms with van der Waals surface area (Å²) in [7, 11) is 0. The number of carbonyl (C=O) groups excluding carboxylic acids is 1. The molecule has 1 unspecified atom stereocenters. The zero-order valence-corrected chi connectivity index (χ0v) is 21.0. The molecule has 2 aromatic heterocycles. The van der Waals surface area contributed by atoms with E-state index < -0.39 is 18.2 Å². The highest BCUT2D eigenvalue weighted by Crippen LogP contribution is 2.34. The number of halogens is 4. The smallest absolute Gasteiger partial charge is 0.416 e. The van der Waals surface area contributed by atoms with Gasteiger partial charge in [-0.2, -0.15) is 23.4 Å². The molecule has 200 valence electrons. The zero-order chi connectivity index (χ0) is 26.7. The van der Waals surface area contributed by atoms with Crippen LogP contribution in [0.2, 0.25) is 5.02 Å². The molecule has 1 aromatic carbocycles. The molecule has 3 aromatic rings. The Morgan fingerprint density at radius 1 is 1.24 bits per heavy atom. The molecule has 1 atom stereocenters. The van der Waals surface area contributed by atoms with E-state index in [0.717, 1.165) is 0 Å². The van der Waals surface area contributed by atoms with Crippen molar-refractivity contribution in [1.82, 2.24) is 20.5 Å². The maximum Gasteiger partial charge on any atom is 0.416 e. The van der Waals surface area contributed by atoms with E-state index in [1.807, 2.05) is 0 Å². The first kappa shape index (κ1) is 26.2. The third-order valence-corrected chi connectivity index (χ3v) is 6.65. The SMILES string of the molecule is O=C(NCc1cccnc1N1CCOC(C(F)(F)F)C1)c1cnnc(-c2ccc(OCC3CC3)c(Cl)c2)c1. The van der Waals surface area contributed by atoms with Crippen molar-refractivity contribution in [2.45, 2.75) is 31.7 Å². The quantitative estimate of drug-likeness (QED) is 0.438. The number of morpholine rings is 1. The molecule has 0 radical (unpaired) electrons. The molecule has 3 heterocycles. The number of amides is 1. The minimum Gasteiger partial charge on any atom is -0.492 e. The van der Waals surface area contributed by atoms with E-state index in [1.54, 1.807) is 36.4 Å². The molecular weight excluding hydrogens is 523 g/mol. The number of nitrogens with zero attached hydrogens (tertiary/aromatic N) is 4.